The van der Waals surface area contributed by atoms with Crippen LogP contribution in [0.5, 0.6) is 5.75 Å². The number of halogens is 3. The van der Waals surface area contributed by atoms with Gasteiger partial charge in [0, 0.05) is 0 Å². The molecule has 0 fully saturated rings. The van der Waals surface area contributed by atoms with Crippen LogP contribution in [0.15, 0.2) is 42.0 Å². The third kappa shape index (κ3) is 4.80. The number of hydrogen-bond donors (Lipinski definition) is 1. The zero-order valence-electron chi connectivity index (χ0n) is 14.0. The molecule has 0 spiro atoms. The Hall–Kier alpha value is -2.91. The van der Waals surface area contributed by atoms with Gasteiger partial charge in [0.1, 0.15) is 17.4 Å². The molecule has 2 aromatic rings. The van der Waals surface area contributed by atoms with Crippen LogP contribution in [0.3, 0.4) is 0 Å². The lowest BCUT2D eigenvalue weighted by Crippen LogP contribution is -2.13. The number of rotatable bonds is 5. The summed E-state index contributed by atoms with van der Waals surface area (Å²) in [6, 6.07) is 11.6. The van der Waals surface area contributed by atoms with Gasteiger partial charge in [0.2, 0.25) is 0 Å². The lowest BCUT2D eigenvalue weighted by molar-refractivity contribution is -0.112. The highest BCUT2D eigenvalue weighted by atomic mass is 35.5. The van der Waals surface area contributed by atoms with Crippen LogP contribution in [0, 0.1) is 25.2 Å². The van der Waals surface area contributed by atoms with Crippen LogP contribution < -0.4 is 10.1 Å². The number of carbonyl (C=O) groups excluding carboxylic acids is 1. The van der Waals surface area contributed by atoms with Crippen LogP contribution in [0.4, 0.5) is 14.5 Å². The standard InChI is InChI=1S/C19H15ClF2N2O2/c1-11-7-13(8-12(2)17(11)26-19(21)22)9-14(10-23)18(25)24-16-6-4-3-5-15(16)20/h3-9,19H,1-2H3,(H,24,25)/b14-9+. The highest BCUT2D eigenvalue weighted by Gasteiger charge is 2.14. The molecule has 0 aromatic heterocycles. The molecule has 7 heteroatoms. The summed E-state index contributed by atoms with van der Waals surface area (Å²) in [6.45, 7) is 0.292. The van der Waals surface area contributed by atoms with Gasteiger partial charge in [0.25, 0.3) is 5.91 Å². The summed E-state index contributed by atoms with van der Waals surface area (Å²) in [5.41, 5.74) is 1.70. The second-order valence-corrected chi connectivity index (χ2v) is 5.87. The second kappa shape index (κ2) is 8.45. The summed E-state index contributed by atoms with van der Waals surface area (Å²) in [5, 5.41) is 12.2. The van der Waals surface area contributed by atoms with Gasteiger partial charge < -0.3 is 10.1 Å². The van der Waals surface area contributed by atoms with E-state index < -0.39 is 12.5 Å². The van der Waals surface area contributed by atoms with Crippen LogP contribution in [0.2, 0.25) is 5.02 Å². The van der Waals surface area contributed by atoms with E-state index in [1.165, 1.54) is 6.08 Å². The Bertz CT molecular complexity index is 882. The molecule has 26 heavy (non-hydrogen) atoms. The Labute approximate surface area is 154 Å². The van der Waals surface area contributed by atoms with Gasteiger partial charge in [-0.25, -0.2) is 0 Å². The molecular formula is C19H15ClF2N2O2. The molecule has 0 heterocycles. The number of hydrogen-bond acceptors (Lipinski definition) is 3. The van der Waals surface area contributed by atoms with Crippen molar-refractivity contribution < 1.29 is 18.3 Å². The van der Waals surface area contributed by atoms with Gasteiger partial charge in [-0.3, -0.25) is 4.79 Å². The molecule has 1 amide bonds. The number of carbonyl (C=O) groups is 1. The van der Waals surface area contributed by atoms with Crippen molar-refractivity contribution in [2.45, 2.75) is 20.5 Å². The average molecular weight is 377 g/mol. The van der Waals surface area contributed by atoms with Gasteiger partial charge in [-0.2, -0.15) is 14.0 Å². The molecule has 0 aliphatic carbocycles. The molecule has 1 N–H and O–H groups in total. The highest BCUT2D eigenvalue weighted by molar-refractivity contribution is 6.34. The van der Waals surface area contributed by atoms with Crippen LogP contribution in [0.1, 0.15) is 16.7 Å². The summed E-state index contributed by atoms with van der Waals surface area (Å²) < 4.78 is 29.4. The number of nitrogens with zero attached hydrogens (tertiary/aromatic N) is 1. The summed E-state index contributed by atoms with van der Waals surface area (Å²) in [6.07, 6.45) is 1.37. The minimum absolute atomic E-state index is 0.0798. The molecule has 2 rings (SSSR count). The SMILES string of the molecule is Cc1cc(/C=C(\C#N)C(=O)Nc2ccccc2Cl)cc(C)c1OC(F)F. The van der Waals surface area contributed by atoms with Gasteiger partial charge >= 0.3 is 6.61 Å². The van der Waals surface area contributed by atoms with E-state index >= 15 is 0 Å². The predicted molar refractivity (Wildman–Crippen MR) is 96.2 cm³/mol. The molecule has 0 saturated heterocycles. The predicted octanol–water partition coefficient (Wildman–Crippen LogP) is 5.10. The van der Waals surface area contributed by atoms with Crippen LogP contribution >= 0.6 is 11.6 Å². The lowest BCUT2D eigenvalue weighted by atomic mass is 10.0. The molecule has 0 bridgehead atoms. The largest absolute Gasteiger partial charge is 0.434 e. The number of nitriles is 1. The number of alkyl halides is 2. The Morgan fingerprint density at radius 3 is 2.42 bits per heavy atom. The molecule has 4 nitrogen and oxygen atoms in total. The molecular weight excluding hydrogens is 362 g/mol. The molecule has 2 aromatic carbocycles. The third-order valence-electron chi connectivity index (χ3n) is 3.49. The van der Waals surface area contributed by atoms with Crippen molar-refractivity contribution in [3.05, 3.63) is 63.7 Å². The zero-order valence-corrected chi connectivity index (χ0v) is 14.8. The molecule has 0 unspecified atom stereocenters. The van der Waals surface area contributed by atoms with Gasteiger partial charge in [-0.05, 0) is 60.9 Å². The number of para-hydroxylation sites is 1. The third-order valence-corrected chi connectivity index (χ3v) is 3.82. The maximum atomic E-state index is 12.5. The minimum atomic E-state index is -2.93. The highest BCUT2D eigenvalue weighted by Crippen LogP contribution is 2.27. The van der Waals surface area contributed by atoms with Crippen molar-refractivity contribution in [2.75, 3.05) is 5.32 Å². The van der Waals surface area contributed by atoms with Gasteiger partial charge in [-0.1, -0.05) is 23.7 Å². The minimum Gasteiger partial charge on any atom is -0.434 e. The average Bonchev–Trinajstić information content (AvgIpc) is 2.57. The zero-order chi connectivity index (χ0) is 19.3. The van der Waals surface area contributed by atoms with Crippen molar-refractivity contribution >= 4 is 29.3 Å². The smallest absolute Gasteiger partial charge is 0.387 e. The fourth-order valence-corrected chi connectivity index (χ4v) is 2.59. The van der Waals surface area contributed by atoms with Crippen LogP contribution in [0.25, 0.3) is 6.08 Å². The van der Waals surface area contributed by atoms with Gasteiger partial charge in [0.15, 0.2) is 0 Å². The second-order valence-electron chi connectivity index (χ2n) is 5.47. The first-order valence-electron chi connectivity index (χ1n) is 7.55. The lowest BCUT2D eigenvalue weighted by Gasteiger charge is -2.12. The monoisotopic (exact) mass is 376 g/mol. The molecule has 0 aliphatic rings. The fourth-order valence-electron chi connectivity index (χ4n) is 2.41. The maximum absolute atomic E-state index is 12.5. The van der Waals surface area contributed by atoms with Crippen LogP contribution in [-0.4, -0.2) is 12.5 Å². The van der Waals surface area contributed by atoms with Crippen molar-refractivity contribution in [1.29, 1.82) is 5.26 Å². The quantitative estimate of drug-likeness (QED) is 0.583. The van der Waals surface area contributed by atoms with E-state index in [-0.39, 0.29) is 11.3 Å². The first-order chi connectivity index (χ1) is 12.3. The molecule has 0 saturated carbocycles. The van der Waals surface area contributed by atoms with E-state index in [0.29, 0.717) is 27.4 Å². The Balaban J connectivity index is 2.30. The van der Waals surface area contributed by atoms with Crippen molar-refractivity contribution in [2.24, 2.45) is 0 Å². The van der Waals surface area contributed by atoms with Gasteiger partial charge in [0.05, 0.1) is 10.7 Å². The maximum Gasteiger partial charge on any atom is 0.387 e. The Morgan fingerprint density at radius 2 is 1.88 bits per heavy atom. The first kappa shape index (κ1) is 19.4. The summed E-state index contributed by atoms with van der Waals surface area (Å²) >= 11 is 5.98. The Morgan fingerprint density at radius 1 is 1.27 bits per heavy atom. The van der Waals surface area contributed by atoms with Crippen molar-refractivity contribution in [3.8, 4) is 11.8 Å². The number of aryl methyl sites for hydroxylation is 2. The molecule has 0 atom stereocenters. The topological polar surface area (TPSA) is 62.1 Å². The Kier molecular flexibility index (Phi) is 6.31. The van der Waals surface area contributed by atoms with E-state index in [1.54, 1.807) is 50.2 Å². The number of ether oxygens (including phenoxy) is 1. The summed E-state index contributed by atoms with van der Waals surface area (Å²) in [7, 11) is 0. The van der Waals surface area contributed by atoms with Crippen LogP contribution in [-0.2, 0) is 4.79 Å². The van der Waals surface area contributed by atoms with Crippen molar-refractivity contribution in [3.63, 3.8) is 0 Å². The van der Waals surface area contributed by atoms with Gasteiger partial charge in [-0.15, -0.1) is 0 Å². The first-order valence-corrected chi connectivity index (χ1v) is 7.93. The van der Waals surface area contributed by atoms with E-state index in [1.807, 2.05) is 6.07 Å². The number of anilines is 1. The van der Waals surface area contributed by atoms with E-state index in [2.05, 4.69) is 10.1 Å². The number of benzene rings is 2. The molecule has 0 radical (unpaired) electrons. The number of nitrogens with one attached hydrogen (secondary N) is 1. The van der Waals surface area contributed by atoms with E-state index in [0.717, 1.165) is 0 Å². The summed E-state index contributed by atoms with van der Waals surface area (Å²) in [5.74, 6) is -0.542. The summed E-state index contributed by atoms with van der Waals surface area (Å²) in [4.78, 5) is 12.3. The van der Waals surface area contributed by atoms with Crippen molar-refractivity contribution in [1.82, 2.24) is 0 Å². The number of amides is 1. The van der Waals surface area contributed by atoms with E-state index in [4.69, 9.17) is 11.6 Å². The van der Waals surface area contributed by atoms with E-state index in [9.17, 15) is 18.8 Å². The molecule has 0 aliphatic heterocycles. The normalized spacial score (nSPS) is 11.2. The molecule has 134 valence electrons. The fraction of sp³-hybridized carbons (Fsp3) is 0.158.